The van der Waals surface area contributed by atoms with Crippen molar-refractivity contribution in [1.82, 2.24) is 0 Å². The van der Waals surface area contributed by atoms with E-state index in [1.165, 1.54) is 0 Å². The van der Waals surface area contributed by atoms with Crippen molar-refractivity contribution in [3.8, 4) is 0 Å². The van der Waals surface area contributed by atoms with Crippen LogP contribution in [-0.2, 0) is 0 Å². The van der Waals surface area contributed by atoms with Crippen LogP contribution < -0.4 is 0 Å². The van der Waals surface area contributed by atoms with Crippen LogP contribution in [0.5, 0.6) is 0 Å². The zero-order valence-corrected chi connectivity index (χ0v) is 6.69. The quantitative estimate of drug-likeness (QED) is 0.351. The first kappa shape index (κ1) is 8.37. The van der Waals surface area contributed by atoms with Crippen LogP contribution in [-0.4, -0.2) is 16.7 Å². The molecule has 0 saturated heterocycles. The Kier molecular flexibility index (Phi) is 2.37. The maximum absolute atomic E-state index is 9.70. The summed E-state index contributed by atoms with van der Waals surface area (Å²) in [6.45, 7) is 1.74. The van der Waals surface area contributed by atoms with Crippen molar-refractivity contribution in [3.05, 3.63) is 10.4 Å². The van der Waals surface area contributed by atoms with Gasteiger partial charge in [0.25, 0.3) is 0 Å². The van der Waals surface area contributed by atoms with E-state index in [9.17, 15) is 5.11 Å². The Labute approximate surface area is 65.9 Å². The summed E-state index contributed by atoms with van der Waals surface area (Å²) in [4.78, 5) is 2.72. The molecule has 4 nitrogen and oxygen atoms in total. The molecule has 0 spiro atoms. The molecule has 1 aliphatic rings. The van der Waals surface area contributed by atoms with Gasteiger partial charge in [-0.2, -0.15) is 0 Å². The standard InChI is InChI=1S/C7H13N3O/c1-7(11)5-3-2-4-6(7)9-10-8/h6,11H,2-5H2,1H3/t6-,7-/m1/s1. The van der Waals surface area contributed by atoms with E-state index in [0.717, 1.165) is 25.7 Å². The van der Waals surface area contributed by atoms with Crippen molar-refractivity contribution in [2.24, 2.45) is 5.11 Å². The molecule has 11 heavy (non-hydrogen) atoms. The topological polar surface area (TPSA) is 69.0 Å². The lowest BCUT2D eigenvalue weighted by atomic mass is 9.82. The Balaban J connectivity index is 2.66. The smallest absolute Gasteiger partial charge is 0.0704 e. The number of aliphatic hydroxyl groups is 1. The Hall–Kier alpha value is -0.730. The number of azide groups is 1. The molecule has 0 amide bonds. The summed E-state index contributed by atoms with van der Waals surface area (Å²) in [7, 11) is 0. The number of rotatable bonds is 1. The fourth-order valence-electron chi connectivity index (χ4n) is 1.54. The van der Waals surface area contributed by atoms with Gasteiger partial charge in [-0.15, -0.1) is 0 Å². The first-order valence-corrected chi connectivity index (χ1v) is 3.93. The molecular weight excluding hydrogens is 142 g/mol. The first-order chi connectivity index (χ1) is 5.17. The van der Waals surface area contributed by atoms with Crippen LogP contribution in [0.2, 0.25) is 0 Å². The summed E-state index contributed by atoms with van der Waals surface area (Å²) >= 11 is 0. The van der Waals surface area contributed by atoms with Crippen LogP contribution in [0.1, 0.15) is 32.6 Å². The summed E-state index contributed by atoms with van der Waals surface area (Å²) < 4.78 is 0. The molecule has 0 aliphatic heterocycles. The van der Waals surface area contributed by atoms with E-state index in [-0.39, 0.29) is 6.04 Å². The average molecular weight is 155 g/mol. The molecule has 0 aromatic rings. The van der Waals surface area contributed by atoms with Gasteiger partial charge in [0.1, 0.15) is 0 Å². The molecule has 0 aromatic carbocycles. The van der Waals surface area contributed by atoms with E-state index in [0.29, 0.717) is 0 Å². The molecule has 0 radical (unpaired) electrons. The molecule has 2 atom stereocenters. The Bertz CT molecular complexity index is 184. The van der Waals surface area contributed by atoms with Gasteiger partial charge in [-0.1, -0.05) is 18.0 Å². The van der Waals surface area contributed by atoms with Crippen LogP contribution in [0.3, 0.4) is 0 Å². The summed E-state index contributed by atoms with van der Waals surface area (Å²) in [6.07, 6.45) is 3.65. The largest absolute Gasteiger partial charge is 0.390 e. The molecule has 1 saturated carbocycles. The molecule has 1 N–H and O–H groups in total. The minimum absolute atomic E-state index is 0.221. The van der Waals surface area contributed by atoms with Crippen LogP contribution in [0.4, 0.5) is 0 Å². The minimum atomic E-state index is -0.773. The van der Waals surface area contributed by atoms with Gasteiger partial charge in [0.15, 0.2) is 0 Å². The van der Waals surface area contributed by atoms with E-state index in [2.05, 4.69) is 10.0 Å². The normalized spacial score (nSPS) is 37.8. The van der Waals surface area contributed by atoms with Gasteiger partial charge in [0.2, 0.25) is 0 Å². The maximum Gasteiger partial charge on any atom is 0.0704 e. The number of hydrogen-bond acceptors (Lipinski definition) is 2. The average Bonchev–Trinajstić information content (AvgIpc) is 1.94. The summed E-state index contributed by atoms with van der Waals surface area (Å²) in [5.74, 6) is 0. The minimum Gasteiger partial charge on any atom is -0.390 e. The Morgan fingerprint density at radius 1 is 1.64 bits per heavy atom. The lowest BCUT2D eigenvalue weighted by Gasteiger charge is -2.33. The van der Waals surface area contributed by atoms with Crippen molar-refractivity contribution < 1.29 is 5.11 Å². The SMILES string of the molecule is C[C@@]1(O)CCCC[C@H]1N=[N+]=[N-]. The summed E-state index contributed by atoms with van der Waals surface area (Å²) in [6, 6.07) is -0.221. The van der Waals surface area contributed by atoms with Gasteiger partial charge in [0, 0.05) is 4.91 Å². The number of nitrogens with zero attached hydrogens (tertiary/aromatic N) is 3. The summed E-state index contributed by atoms with van der Waals surface area (Å²) in [5, 5.41) is 13.3. The van der Waals surface area contributed by atoms with Crippen molar-refractivity contribution in [3.63, 3.8) is 0 Å². The molecule has 1 rings (SSSR count). The van der Waals surface area contributed by atoms with E-state index < -0.39 is 5.60 Å². The van der Waals surface area contributed by atoms with Gasteiger partial charge in [-0.25, -0.2) is 0 Å². The predicted octanol–water partition coefficient (Wildman–Crippen LogP) is 1.99. The maximum atomic E-state index is 9.70. The second-order valence-corrected chi connectivity index (χ2v) is 3.32. The fourth-order valence-corrected chi connectivity index (χ4v) is 1.54. The Morgan fingerprint density at radius 2 is 2.36 bits per heavy atom. The molecule has 62 valence electrons. The van der Waals surface area contributed by atoms with Crippen LogP contribution >= 0.6 is 0 Å². The first-order valence-electron chi connectivity index (χ1n) is 3.93. The van der Waals surface area contributed by atoms with Gasteiger partial charge >= 0.3 is 0 Å². The lowest BCUT2D eigenvalue weighted by Crippen LogP contribution is -2.40. The molecule has 0 bridgehead atoms. The van der Waals surface area contributed by atoms with Gasteiger partial charge in [-0.3, -0.25) is 0 Å². The molecule has 1 fully saturated rings. The molecule has 0 unspecified atom stereocenters. The Morgan fingerprint density at radius 3 is 2.91 bits per heavy atom. The predicted molar refractivity (Wildman–Crippen MR) is 42.0 cm³/mol. The zero-order chi connectivity index (χ0) is 8.32. The fraction of sp³-hybridized carbons (Fsp3) is 1.00. The van der Waals surface area contributed by atoms with Gasteiger partial charge in [0.05, 0.1) is 11.6 Å². The molecule has 0 aromatic heterocycles. The van der Waals surface area contributed by atoms with E-state index in [4.69, 9.17) is 5.53 Å². The summed E-state index contributed by atoms with van der Waals surface area (Å²) in [5.41, 5.74) is 7.42. The molecule has 0 heterocycles. The third-order valence-corrected chi connectivity index (χ3v) is 2.32. The second kappa shape index (κ2) is 3.11. The highest BCUT2D eigenvalue weighted by atomic mass is 16.3. The van der Waals surface area contributed by atoms with E-state index >= 15 is 0 Å². The van der Waals surface area contributed by atoms with Crippen molar-refractivity contribution in [2.45, 2.75) is 44.2 Å². The van der Waals surface area contributed by atoms with E-state index in [1.807, 2.05) is 0 Å². The van der Waals surface area contributed by atoms with Crippen LogP contribution in [0.25, 0.3) is 10.4 Å². The lowest BCUT2D eigenvalue weighted by molar-refractivity contribution is 0.00380. The number of hydrogen-bond donors (Lipinski definition) is 1. The third kappa shape index (κ3) is 1.85. The monoisotopic (exact) mass is 155 g/mol. The van der Waals surface area contributed by atoms with Gasteiger partial charge in [-0.05, 0) is 25.3 Å². The van der Waals surface area contributed by atoms with Crippen molar-refractivity contribution in [2.75, 3.05) is 0 Å². The van der Waals surface area contributed by atoms with Crippen LogP contribution in [0, 0.1) is 0 Å². The zero-order valence-electron chi connectivity index (χ0n) is 6.69. The highest BCUT2D eigenvalue weighted by molar-refractivity contribution is 4.91. The van der Waals surface area contributed by atoms with Gasteiger partial charge < -0.3 is 5.11 Å². The molecular formula is C7H13N3O. The van der Waals surface area contributed by atoms with Crippen molar-refractivity contribution >= 4 is 0 Å². The van der Waals surface area contributed by atoms with Crippen LogP contribution in [0.15, 0.2) is 5.11 Å². The van der Waals surface area contributed by atoms with Crippen molar-refractivity contribution in [1.29, 1.82) is 0 Å². The highest BCUT2D eigenvalue weighted by Gasteiger charge is 2.33. The molecule has 4 heteroatoms. The molecule has 1 aliphatic carbocycles. The second-order valence-electron chi connectivity index (χ2n) is 3.32. The highest BCUT2D eigenvalue weighted by Crippen LogP contribution is 2.30. The third-order valence-electron chi connectivity index (χ3n) is 2.32. The van der Waals surface area contributed by atoms with E-state index in [1.54, 1.807) is 6.92 Å².